The van der Waals surface area contributed by atoms with E-state index >= 15 is 0 Å². The van der Waals surface area contributed by atoms with E-state index in [1.807, 2.05) is 0 Å². The molecule has 0 bridgehead atoms. The molecule has 0 atom stereocenters. The highest BCUT2D eigenvalue weighted by Crippen LogP contribution is 2.30. The Bertz CT molecular complexity index is 133. The highest BCUT2D eigenvalue weighted by Gasteiger charge is 2.25. The zero-order valence-corrected chi connectivity index (χ0v) is 8.05. The van der Waals surface area contributed by atoms with E-state index in [1.165, 1.54) is 51.9 Å². The molecule has 12 heavy (non-hydrogen) atoms. The third-order valence-corrected chi connectivity index (χ3v) is 3.13. The van der Waals surface area contributed by atoms with Crippen LogP contribution < -0.4 is 0 Å². The highest BCUT2D eigenvalue weighted by atomic mass is 15.3. The van der Waals surface area contributed by atoms with Gasteiger partial charge in [-0.05, 0) is 19.9 Å². The Morgan fingerprint density at radius 3 is 2.08 bits per heavy atom. The molecular weight excluding hydrogens is 148 g/mol. The second kappa shape index (κ2) is 3.75. The van der Waals surface area contributed by atoms with Crippen LogP contribution in [0.4, 0.5) is 0 Å². The van der Waals surface area contributed by atoms with Crippen molar-refractivity contribution in [1.82, 2.24) is 9.80 Å². The summed E-state index contributed by atoms with van der Waals surface area (Å²) in [4.78, 5) is 5.04. The van der Waals surface area contributed by atoms with Crippen molar-refractivity contribution in [3.63, 3.8) is 0 Å². The molecule has 1 saturated heterocycles. The van der Waals surface area contributed by atoms with Gasteiger partial charge in [0.25, 0.3) is 0 Å². The lowest BCUT2D eigenvalue weighted by Gasteiger charge is -2.35. The Morgan fingerprint density at radius 1 is 0.917 bits per heavy atom. The van der Waals surface area contributed by atoms with E-state index in [4.69, 9.17) is 0 Å². The highest BCUT2D eigenvalue weighted by molar-refractivity contribution is 4.95. The number of piperazine rings is 1. The van der Waals surface area contributed by atoms with Crippen molar-refractivity contribution < 1.29 is 0 Å². The molecule has 2 nitrogen and oxygen atoms in total. The van der Waals surface area contributed by atoms with E-state index in [1.54, 1.807) is 6.04 Å². The average molecular weight is 167 g/mol. The van der Waals surface area contributed by atoms with Crippen LogP contribution in [0.2, 0.25) is 0 Å². The largest absolute Gasteiger partial charge is 0.304 e. The lowest BCUT2D eigenvalue weighted by atomic mass is 10.2. The van der Waals surface area contributed by atoms with Crippen LogP contribution in [0.25, 0.3) is 0 Å². The fraction of sp³-hybridized carbons (Fsp3) is 0.900. The van der Waals surface area contributed by atoms with E-state index in [0.717, 1.165) is 0 Å². The summed E-state index contributed by atoms with van der Waals surface area (Å²) in [5.41, 5.74) is 0. The van der Waals surface area contributed by atoms with Gasteiger partial charge in [0, 0.05) is 32.2 Å². The molecule has 1 heterocycles. The maximum absolute atomic E-state index is 2.62. The molecule has 0 N–H and O–H groups in total. The summed E-state index contributed by atoms with van der Waals surface area (Å²) >= 11 is 0. The van der Waals surface area contributed by atoms with Crippen LogP contribution in [0.1, 0.15) is 25.7 Å². The Kier molecular flexibility index (Phi) is 2.66. The third-order valence-electron chi connectivity index (χ3n) is 3.13. The molecule has 2 fully saturated rings. The fourth-order valence-electron chi connectivity index (χ4n) is 2.22. The van der Waals surface area contributed by atoms with Crippen molar-refractivity contribution in [2.24, 2.45) is 0 Å². The third kappa shape index (κ3) is 1.80. The van der Waals surface area contributed by atoms with Crippen LogP contribution in [0.15, 0.2) is 0 Å². The van der Waals surface area contributed by atoms with E-state index < -0.39 is 0 Å². The lowest BCUT2D eigenvalue weighted by Crippen LogP contribution is -2.45. The number of likely N-dealkylation sites (N-methyl/N-ethyl adjacent to an activating group) is 1. The van der Waals surface area contributed by atoms with Gasteiger partial charge < -0.3 is 4.90 Å². The number of hydrogen-bond acceptors (Lipinski definition) is 2. The van der Waals surface area contributed by atoms with Gasteiger partial charge in [0.15, 0.2) is 0 Å². The predicted octanol–water partition coefficient (Wildman–Crippen LogP) is 1.34. The zero-order chi connectivity index (χ0) is 8.39. The van der Waals surface area contributed by atoms with Crippen LogP contribution in [-0.4, -0.2) is 43.0 Å². The van der Waals surface area contributed by atoms with Crippen molar-refractivity contribution in [2.45, 2.75) is 25.7 Å². The Labute approximate surface area is 75.5 Å². The van der Waals surface area contributed by atoms with Gasteiger partial charge in [-0.15, -0.1) is 0 Å². The Balaban J connectivity index is 1.80. The summed E-state index contributed by atoms with van der Waals surface area (Å²) in [6.45, 7) is 5.05. The van der Waals surface area contributed by atoms with Gasteiger partial charge in [0.2, 0.25) is 0 Å². The maximum Gasteiger partial charge on any atom is 0.0394 e. The molecule has 1 aliphatic heterocycles. The first-order valence-electron chi connectivity index (χ1n) is 5.14. The van der Waals surface area contributed by atoms with Crippen molar-refractivity contribution in [2.75, 3.05) is 33.2 Å². The number of nitrogens with zero attached hydrogens (tertiary/aromatic N) is 2. The molecule has 69 valence electrons. The molecule has 2 aliphatic rings. The predicted molar refractivity (Wildman–Crippen MR) is 50.8 cm³/mol. The van der Waals surface area contributed by atoms with Crippen LogP contribution >= 0.6 is 0 Å². The lowest BCUT2D eigenvalue weighted by molar-refractivity contribution is 0.156. The first-order valence-corrected chi connectivity index (χ1v) is 5.14. The summed E-state index contributed by atoms with van der Waals surface area (Å²) in [6, 6.07) is 1.74. The number of rotatable bonds is 1. The molecule has 0 unspecified atom stereocenters. The van der Waals surface area contributed by atoms with Gasteiger partial charge in [0.1, 0.15) is 0 Å². The number of hydrogen-bond donors (Lipinski definition) is 0. The summed E-state index contributed by atoms with van der Waals surface area (Å²) in [7, 11) is 2.22. The van der Waals surface area contributed by atoms with E-state index in [9.17, 15) is 0 Å². The molecule has 0 amide bonds. The minimum atomic E-state index is 1.25. The normalized spacial score (nSPS) is 29.8. The van der Waals surface area contributed by atoms with Gasteiger partial charge in [-0.2, -0.15) is 0 Å². The first kappa shape index (κ1) is 8.52. The van der Waals surface area contributed by atoms with E-state index in [2.05, 4.69) is 16.8 Å². The van der Waals surface area contributed by atoms with Gasteiger partial charge in [-0.25, -0.2) is 0 Å². The van der Waals surface area contributed by atoms with Gasteiger partial charge in [0.05, 0.1) is 0 Å². The van der Waals surface area contributed by atoms with Crippen LogP contribution in [0, 0.1) is 6.04 Å². The molecule has 1 saturated carbocycles. The minimum absolute atomic E-state index is 1.25. The second-order valence-electron chi connectivity index (χ2n) is 4.06. The van der Waals surface area contributed by atoms with Crippen LogP contribution in [-0.2, 0) is 0 Å². The molecule has 0 spiro atoms. The Morgan fingerprint density at radius 2 is 1.50 bits per heavy atom. The standard InChI is InChI=1S/C10H19N2/c1-11-6-8-12(9-7-11)10-4-2-3-5-10/h2-9H2,1H3. The molecule has 2 heteroatoms. The zero-order valence-electron chi connectivity index (χ0n) is 8.05. The molecule has 2 rings (SSSR count). The van der Waals surface area contributed by atoms with Crippen molar-refractivity contribution in [1.29, 1.82) is 0 Å². The van der Waals surface area contributed by atoms with E-state index in [-0.39, 0.29) is 0 Å². The topological polar surface area (TPSA) is 6.48 Å². The Hall–Kier alpha value is -0.0800. The van der Waals surface area contributed by atoms with Gasteiger partial charge in [-0.3, -0.25) is 4.90 Å². The minimum Gasteiger partial charge on any atom is -0.304 e. The first-order chi connectivity index (χ1) is 5.86. The van der Waals surface area contributed by atoms with Crippen LogP contribution in [0.5, 0.6) is 0 Å². The summed E-state index contributed by atoms with van der Waals surface area (Å²) < 4.78 is 0. The molecular formula is C10H19N2. The molecule has 0 aromatic rings. The second-order valence-corrected chi connectivity index (χ2v) is 4.06. The SMILES string of the molecule is CN1CCN([C]2CCCC2)CC1. The average Bonchev–Trinajstić information content (AvgIpc) is 2.58. The van der Waals surface area contributed by atoms with Crippen LogP contribution in [0.3, 0.4) is 0 Å². The summed E-state index contributed by atoms with van der Waals surface area (Å²) in [5, 5.41) is 0. The molecule has 1 aliphatic carbocycles. The quantitative estimate of drug-likeness (QED) is 0.581. The van der Waals surface area contributed by atoms with Gasteiger partial charge >= 0.3 is 0 Å². The summed E-state index contributed by atoms with van der Waals surface area (Å²) in [5.74, 6) is 0. The monoisotopic (exact) mass is 167 g/mol. The van der Waals surface area contributed by atoms with Crippen molar-refractivity contribution >= 4 is 0 Å². The molecule has 1 radical (unpaired) electrons. The molecule has 0 aromatic carbocycles. The molecule has 0 aromatic heterocycles. The maximum atomic E-state index is 2.62. The van der Waals surface area contributed by atoms with Gasteiger partial charge in [-0.1, -0.05) is 12.8 Å². The smallest absolute Gasteiger partial charge is 0.0394 e. The fourth-order valence-corrected chi connectivity index (χ4v) is 2.22. The summed E-state index contributed by atoms with van der Waals surface area (Å²) in [6.07, 6.45) is 5.62. The van der Waals surface area contributed by atoms with E-state index in [0.29, 0.717) is 0 Å². The van der Waals surface area contributed by atoms with Crippen molar-refractivity contribution in [3.05, 3.63) is 6.04 Å². The van der Waals surface area contributed by atoms with Crippen molar-refractivity contribution in [3.8, 4) is 0 Å².